The van der Waals surface area contributed by atoms with Gasteiger partial charge in [-0.2, -0.15) is 0 Å². The van der Waals surface area contributed by atoms with Gasteiger partial charge in [-0.25, -0.2) is 9.59 Å². The number of hydrogen-bond acceptors (Lipinski definition) is 8. The van der Waals surface area contributed by atoms with E-state index >= 15 is 0 Å². The number of carbonyl (C=O) groups is 2. The molecule has 1 aromatic carbocycles. The molecular weight excluding hydrogens is 364 g/mol. The Hall–Kier alpha value is -2.40. The molecule has 10 nitrogen and oxygen atoms in total. The summed E-state index contributed by atoms with van der Waals surface area (Å²) in [6, 6.07) is 3.76. The number of aromatic carboxylic acids is 1. The molecule has 5 unspecified atom stereocenters. The van der Waals surface area contributed by atoms with Crippen LogP contribution in [-0.2, 0) is 9.53 Å². The first-order valence-electron chi connectivity index (χ1n) is 8.24. The summed E-state index contributed by atoms with van der Waals surface area (Å²) in [4.78, 5) is 21.8. The van der Waals surface area contributed by atoms with Crippen LogP contribution in [0, 0.1) is 0 Å². The smallest absolute Gasteiger partial charge is 0.341 e. The third-order valence-electron chi connectivity index (χ3n) is 4.11. The molecule has 27 heavy (non-hydrogen) atoms. The van der Waals surface area contributed by atoms with Gasteiger partial charge in [-0.1, -0.05) is 0 Å². The van der Waals surface area contributed by atoms with Gasteiger partial charge in [-0.15, -0.1) is 0 Å². The second kappa shape index (κ2) is 9.00. The number of hydrogen-bond donors (Lipinski definition) is 5. The van der Waals surface area contributed by atoms with Crippen molar-refractivity contribution in [1.82, 2.24) is 0 Å². The van der Waals surface area contributed by atoms with Gasteiger partial charge in [0.25, 0.3) is 0 Å². The highest BCUT2D eigenvalue weighted by Crippen LogP contribution is 2.26. The van der Waals surface area contributed by atoms with Crippen LogP contribution in [0.3, 0.4) is 0 Å². The van der Waals surface area contributed by atoms with Gasteiger partial charge in [0.05, 0.1) is 24.4 Å². The van der Waals surface area contributed by atoms with Crippen LogP contribution >= 0.6 is 0 Å². The highest BCUT2D eigenvalue weighted by atomic mass is 16.5. The van der Waals surface area contributed by atoms with E-state index in [4.69, 9.17) is 24.4 Å². The summed E-state index contributed by atoms with van der Waals surface area (Å²) < 4.78 is 15.9. The van der Waals surface area contributed by atoms with E-state index in [1.165, 1.54) is 18.2 Å². The summed E-state index contributed by atoms with van der Waals surface area (Å²) in [7, 11) is 0. The molecule has 0 amide bonds. The van der Waals surface area contributed by atoms with Crippen LogP contribution < -0.4 is 9.47 Å². The maximum atomic E-state index is 11.2. The molecule has 1 aliphatic heterocycles. The van der Waals surface area contributed by atoms with E-state index < -0.39 is 49.1 Å². The van der Waals surface area contributed by atoms with Gasteiger partial charge < -0.3 is 39.7 Å². The molecule has 5 N–H and O–H groups in total. The molecule has 150 valence electrons. The van der Waals surface area contributed by atoms with Crippen molar-refractivity contribution >= 4 is 11.9 Å². The van der Waals surface area contributed by atoms with E-state index in [1.54, 1.807) is 6.92 Å². The van der Waals surface area contributed by atoms with E-state index in [1.807, 2.05) is 0 Å². The van der Waals surface area contributed by atoms with Crippen LogP contribution in [0.4, 0.5) is 0 Å². The van der Waals surface area contributed by atoms with Crippen molar-refractivity contribution in [3.05, 3.63) is 23.8 Å². The second-order valence-electron chi connectivity index (χ2n) is 6.17. The Morgan fingerprint density at radius 2 is 1.63 bits per heavy atom. The van der Waals surface area contributed by atoms with E-state index in [0.717, 1.165) is 0 Å². The lowest BCUT2D eigenvalue weighted by Gasteiger charge is -2.39. The topological polar surface area (TPSA) is 163 Å². The summed E-state index contributed by atoms with van der Waals surface area (Å²) in [5.41, 5.74) is -0.144. The fraction of sp³-hybridized carbons (Fsp3) is 0.529. The van der Waals surface area contributed by atoms with Crippen LogP contribution in [0.25, 0.3) is 0 Å². The molecule has 0 bridgehead atoms. The van der Waals surface area contributed by atoms with E-state index in [0.29, 0.717) is 0 Å². The molecule has 0 saturated carbocycles. The maximum Gasteiger partial charge on any atom is 0.341 e. The fourth-order valence-electron chi connectivity index (χ4n) is 2.68. The summed E-state index contributed by atoms with van der Waals surface area (Å²) in [6.45, 7) is 0.942. The number of benzene rings is 1. The van der Waals surface area contributed by atoms with Crippen molar-refractivity contribution in [2.45, 2.75) is 43.9 Å². The van der Waals surface area contributed by atoms with Crippen molar-refractivity contribution in [2.24, 2.45) is 0 Å². The number of aliphatic hydroxyl groups excluding tert-OH is 3. The lowest BCUT2D eigenvalue weighted by Crippen LogP contribution is -2.56. The zero-order valence-corrected chi connectivity index (χ0v) is 14.5. The van der Waals surface area contributed by atoms with Crippen molar-refractivity contribution in [3.63, 3.8) is 0 Å². The van der Waals surface area contributed by atoms with Crippen molar-refractivity contribution in [1.29, 1.82) is 0 Å². The van der Waals surface area contributed by atoms with Crippen LogP contribution in [0.15, 0.2) is 18.2 Å². The lowest BCUT2D eigenvalue weighted by atomic mass is 9.94. The van der Waals surface area contributed by atoms with Crippen LogP contribution in [0.5, 0.6) is 11.5 Å². The summed E-state index contributed by atoms with van der Waals surface area (Å²) in [5.74, 6) is -2.29. The Kier molecular flexibility index (Phi) is 6.97. The first-order chi connectivity index (χ1) is 12.7. The predicted octanol–water partition coefficient (Wildman–Crippen LogP) is -0.513. The molecule has 1 saturated heterocycles. The molecule has 0 aromatic heterocycles. The van der Waals surface area contributed by atoms with E-state index in [9.17, 15) is 24.9 Å². The van der Waals surface area contributed by atoms with Gasteiger partial charge in [0, 0.05) is 12.5 Å². The average Bonchev–Trinajstić information content (AvgIpc) is 2.62. The largest absolute Gasteiger partial charge is 0.493 e. The third kappa shape index (κ3) is 5.54. The van der Waals surface area contributed by atoms with Crippen molar-refractivity contribution in [2.75, 3.05) is 13.2 Å². The van der Waals surface area contributed by atoms with Gasteiger partial charge in [-0.3, -0.25) is 0 Å². The third-order valence-corrected chi connectivity index (χ3v) is 4.11. The highest BCUT2D eigenvalue weighted by molar-refractivity contribution is 5.88. The molecular formula is C17H22O10. The molecule has 0 aliphatic carbocycles. The molecule has 10 heteroatoms. The van der Waals surface area contributed by atoms with Gasteiger partial charge in [0.1, 0.15) is 29.8 Å². The highest BCUT2D eigenvalue weighted by Gasteiger charge is 2.41. The SMILES string of the molecule is CC1OC(CCOc2cc(OCC(=O)O)cc(C(=O)O)c2)C(O)C(O)C1O. The number of aliphatic carboxylic acids is 1. The van der Waals surface area contributed by atoms with Crippen LogP contribution in [-0.4, -0.2) is 81.2 Å². The molecule has 1 fully saturated rings. The maximum absolute atomic E-state index is 11.2. The quantitative estimate of drug-likeness (QED) is 0.393. The van der Waals surface area contributed by atoms with Gasteiger partial charge in [0.15, 0.2) is 6.61 Å². The van der Waals surface area contributed by atoms with Crippen LogP contribution in [0.1, 0.15) is 23.7 Å². The Bertz CT molecular complexity index is 676. The minimum atomic E-state index is -1.34. The fourth-order valence-corrected chi connectivity index (χ4v) is 2.68. The minimum absolute atomic E-state index is 0.0126. The van der Waals surface area contributed by atoms with Gasteiger partial charge in [0.2, 0.25) is 0 Å². The van der Waals surface area contributed by atoms with Gasteiger partial charge in [-0.05, 0) is 19.1 Å². The Morgan fingerprint density at radius 3 is 2.22 bits per heavy atom. The molecule has 1 aliphatic rings. The number of aliphatic hydroxyl groups is 3. The van der Waals surface area contributed by atoms with E-state index in [-0.39, 0.29) is 30.1 Å². The van der Waals surface area contributed by atoms with Crippen molar-refractivity contribution < 1.29 is 49.3 Å². The predicted molar refractivity (Wildman–Crippen MR) is 89.0 cm³/mol. The first kappa shape index (κ1) is 20.9. The Morgan fingerprint density at radius 1 is 1.00 bits per heavy atom. The molecule has 0 radical (unpaired) electrons. The first-order valence-corrected chi connectivity index (χ1v) is 8.24. The molecule has 1 aromatic rings. The Labute approximate surface area is 154 Å². The molecule has 0 spiro atoms. The molecule has 2 rings (SSSR count). The molecule has 1 heterocycles. The summed E-state index contributed by atoms with van der Waals surface area (Å²) in [6.07, 6.45) is -5.11. The van der Waals surface area contributed by atoms with Crippen molar-refractivity contribution in [3.8, 4) is 11.5 Å². The Balaban J connectivity index is 2.00. The standard InChI is InChI=1S/C17H22O10/c1-8-14(20)16(22)15(21)12(27-8)2-3-25-10-4-9(17(23)24)5-11(6-10)26-7-13(18)19/h4-6,8,12,14-16,20-22H,2-3,7H2,1H3,(H,18,19)(H,23,24). The normalized spacial score (nSPS) is 27.8. The minimum Gasteiger partial charge on any atom is -0.493 e. The second-order valence-corrected chi connectivity index (χ2v) is 6.17. The van der Waals surface area contributed by atoms with E-state index in [2.05, 4.69) is 0 Å². The zero-order valence-electron chi connectivity index (χ0n) is 14.5. The van der Waals surface area contributed by atoms with Crippen LogP contribution in [0.2, 0.25) is 0 Å². The average molecular weight is 386 g/mol. The number of carboxylic acids is 2. The summed E-state index contributed by atoms with van der Waals surface area (Å²) >= 11 is 0. The zero-order chi connectivity index (χ0) is 20.1. The number of rotatable bonds is 8. The summed E-state index contributed by atoms with van der Waals surface area (Å²) in [5, 5.41) is 47.2. The van der Waals surface area contributed by atoms with Gasteiger partial charge >= 0.3 is 11.9 Å². The number of carboxylic acid groups (broad SMARTS) is 2. The monoisotopic (exact) mass is 386 g/mol. The molecule has 5 atom stereocenters. The number of ether oxygens (including phenoxy) is 3. The lowest BCUT2D eigenvalue weighted by molar-refractivity contribution is -0.219.